The fourth-order valence-electron chi connectivity index (χ4n) is 8.94. The summed E-state index contributed by atoms with van der Waals surface area (Å²) >= 11 is 3.20. The molecule has 0 spiro atoms. The van der Waals surface area contributed by atoms with Gasteiger partial charge in [0.2, 0.25) is 0 Å². The number of carbonyl (C=O) groups is 7. The Balaban J connectivity index is 0.00000120. The Morgan fingerprint density at radius 1 is 0.422 bits per heavy atom. The number of aliphatic hydroxyl groups excluding tert-OH is 4. The molecular weight excluding hydrogens is 1500 g/mol. The Bertz CT molecular complexity index is 3720. The number of aliphatic hydroxyl groups is 4. The molecule has 28 nitrogen and oxygen atoms in total. The minimum absolute atomic E-state index is 0. The topological polar surface area (TPSA) is 379 Å². The van der Waals surface area contributed by atoms with Gasteiger partial charge in [0.05, 0.1) is 120 Å². The summed E-state index contributed by atoms with van der Waals surface area (Å²) in [7, 11) is 15.2. The maximum atomic E-state index is 12.0. The Kier molecular flexibility index (Phi) is 42.8. The van der Waals surface area contributed by atoms with Gasteiger partial charge in [0, 0.05) is 6.42 Å². The summed E-state index contributed by atoms with van der Waals surface area (Å²) in [6.45, 7) is 27.4. The molecule has 556 valence electrons. The average molecular weight is 1590 g/mol. The molecule has 0 saturated heterocycles. The molecule has 4 N–H and O–H groups in total. The van der Waals surface area contributed by atoms with Gasteiger partial charge in [-0.1, -0.05) is 51.7 Å². The molecule has 6 heterocycles. The van der Waals surface area contributed by atoms with Crippen LogP contribution >= 0.6 is 15.9 Å². The number of methoxy groups -OCH3 is 11. The number of hydrogen-bond acceptors (Lipinski definition) is 28. The van der Waals surface area contributed by atoms with Crippen LogP contribution in [-0.2, 0) is 23.7 Å². The van der Waals surface area contributed by atoms with Gasteiger partial charge in [-0.3, -0.25) is 9.59 Å². The van der Waals surface area contributed by atoms with E-state index >= 15 is 0 Å². The van der Waals surface area contributed by atoms with E-state index in [4.69, 9.17) is 38.3 Å². The number of nitrogens with zero attached hydrogens (tertiary/aromatic N) is 6. The Morgan fingerprint density at radius 3 is 0.971 bits per heavy atom. The predicted molar refractivity (Wildman–Crippen MR) is 388 cm³/mol. The summed E-state index contributed by atoms with van der Waals surface area (Å²) < 4.78 is 54.3. The van der Waals surface area contributed by atoms with Crippen molar-refractivity contribution < 1.29 is 106 Å². The van der Waals surface area contributed by atoms with Gasteiger partial charge in [0.25, 0.3) is 0 Å². The Hall–Kier alpha value is -9.20. The van der Waals surface area contributed by atoms with E-state index in [0.29, 0.717) is 98.6 Å². The molecule has 0 aromatic carbocycles. The molecule has 30 heteroatoms. The molecule has 0 fully saturated rings. The van der Waals surface area contributed by atoms with Crippen LogP contribution in [0.5, 0.6) is 34.5 Å². The minimum atomic E-state index is -1.14. The number of hydrogen-bond donors (Lipinski definition) is 4. The van der Waals surface area contributed by atoms with Gasteiger partial charge in [-0.25, -0.2) is 53.9 Å². The number of ether oxygens (including phenoxy) is 11. The van der Waals surface area contributed by atoms with E-state index in [1.165, 1.54) is 84.3 Å². The zero-order valence-electron chi connectivity index (χ0n) is 60.9. The van der Waals surface area contributed by atoms with Gasteiger partial charge in [0.15, 0.2) is 75.0 Å². The monoisotopic (exact) mass is 1590 g/mol. The molecule has 102 heavy (non-hydrogen) atoms. The Labute approximate surface area is 622 Å². The summed E-state index contributed by atoms with van der Waals surface area (Å²) in [6, 6.07) is 10.1. The third kappa shape index (κ3) is 27.0. The zero-order chi connectivity index (χ0) is 77.1. The number of ketones is 1. The second-order valence-electron chi connectivity index (χ2n) is 21.3. The van der Waals surface area contributed by atoms with E-state index in [1.54, 1.807) is 64.1 Å². The van der Waals surface area contributed by atoms with Gasteiger partial charge in [-0.05, 0) is 159 Å². The first kappa shape index (κ1) is 92.8. The first-order valence-electron chi connectivity index (χ1n) is 30.8. The van der Waals surface area contributed by atoms with E-state index in [1.807, 2.05) is 34.6 Å². The fourth-order valence-corrected chi connectivity index (χ4v) is 9.47. The SMILES string of the molecule is C=C(CC)CC(O)c1cc(C)c(OC)c(C(=O)CC)n1.C=C(CC)CC(O)c1cc(C)c(OC)c(C(=O)OC)n1.C=Cc1cc(C)c(OC)c(C(=O)OC)n1.COC(=O)c1nc(Br)cc(C)c1OC.COC(=O)c1nc(C(O)CO)cc(C)c1OC.COC(=O)c1nc(C=O)cc(C)c1OC.[InH3]. The molecule has 0 bridgehead atoms. The third-order valence-corrected chi connectivity index (χ3v) is 14.6. The number of carbonyl (C=O) groups excluding carboxylic acids is 7. The van der Waals surface area contributed by atoms with Crippen molar-refractivity contribution in [3.8, 4) is 34.5 Å². The quantitative estimate of drug-likeness (QED) is 0.0103. The van der Waals surface area contributed by atoms with Crippen LogP contribution in [0.1, 0.15) is 201 Å². The van der Waals surface area contributed by atoms with Crippen molar-refractivity contribution in [3.63, 3.8) is 0 Å². The van der Waals surface area contributed by atoms with Gasteiger partial charge >= 0.3 is 55.7 Å². The molecule has 3 unspecified atom stereocenters. The van der Waals surface area contributed by atoms with Crippen LogP contribution in [0.25, 0.3) is 6.08 Å². The van der Waals surface area contributed by atoms with Crippen molar-refractivity contribution in [1.82, 2.24) is 29.9 Å². The van der Waals surface area contributed by atoms with Crippen LogP contribution in [0, 0.1) is 41.5 Å². The summed E-state index contributed by atoms with van der Waals surface area (Å²) in [4.78, 5) is 104. The van der Waals surface area contributed by atoms with Crippen LogP contribution in [0.15, 0.2) is 71.9 Å². The molecular formula is C72H96BrInN6O22. The second kappa shape index (κ2) is 47.1. The van der Waals surface area contributed by atoms with Crippen molar-refractivity contribution in [2.24, 2.45) is 0 Å². The molecule has 0 radical (unpaired) electrons. The van der Waals surface area contributed by atoms with E-state index in [2.05, 4.69) is 84.5 Å². The summed E-state index contributed by atoms with van der Waals surface area (Å²) in [5.41, 5.74) is 8.98. The molecule has 0 saturated carbocycles. The van der Waals surface area contributed by atoms with Crippen LogP contribution < -0.4 is 28.4 Å². The van der Waals surface area contributed by atoms with Crippen molar-refractivity contribution >= 4 is 89.8 Å². The Morgan fingerprint density at radius 2 is 0.686 bits per heavy atom. The van der Waals surface area contributed by atoms with E-state index in [-0.39, 0.29) is 71.5 Å². The standard InChI is InChI=1S/C16H23NO3.C15H21NO4.C11H15NO5.C11H13NO3.C10H11NO4.C9H10BrNO3.In.3H/c1-6-10(3)8-14(19)12-9-11(4)16(20-5)15(17-12)13(18)7-2;1-6-9(2)7-12(17)11-8-10(3)14(19-4)13(16-11)15(18)20-5;1-6-4-7(8(14)5-13)12-9(10(6)16-2)11(15)17-3;1-5-8-6-7(2)10(14-3)9(12-8)11(13)15-4;1-6-4-7(5-12)11-8(9(6)14-2)10(13)15-3;1-5-4-6(10)11-7(8(5)13-2)9(12)14-3;;;;/h9,14,19H,3,6-8H2,1-2,4-5H3;8,12,17H,2,6-7H2,1,3-5H3;4,8,13-14H,5H2,1-3H3;5-6H,1H2,2-4H3;4-5H,1-3H3;4H,1-3H3;;;;. The number of rotatable bonds is 25. The molecule has 0 aliphatic rings. The van der Waals surface area contributed by atoms with Crippen LogP contribution in [0.2, 0.25) is 0 Å². The van der Waals surface area contributed by atoms with Crippen molar-refractivity contribution in [2.45, 2.75) is 113 Å². The number of halogens is 1. The zero-order valence-corrected chi connectivity index (χ0v) is 62.5. The average Bonchev–Trinajstić information content (AvgIpc) is 0.852. The van der Waals surface area contributed by atoms with Crippen molar-refractivity contribution in [1.29, 1.82) is 0 Å². The first-order valence-corrected chi connectivity index (χ1v) is 31.6. The normalized spacial score (nSPS) is 10.8. The van der Waals surface area contributed by atoms with Crippen LogP contribution in [0.3, 0.4) is 0 Å². The van der Waals surface area contributed by atoms with Gasteiger partial charge < -0.3 is 72.5 Å². The molecule has 0 aliphatic carbocycles. The molecule has 6 aromatic heterocycles. The van der Waals surface area contributed by atoms with E-state index in [0.717, 1.165) is 46.2 Å². The third-order valence-electron chi connectivity index (χ3n) is 14.2. The maximum absolute atomic E-state index is 12.0. The summed E-state index contributed by atoms with van der Waals surface area (Å²) in [5.74, 6) is -0.628. The van der Waals surface area contributed by atoms with Gasteiger partial charge in [-0.15, -0.1) is 0 Å². The number of aldehydes is 1. The van der Waals surface area contributed by atoms with Crippen molar-refractivity contribution in [2.75, 3.05) is 84.8 Å². The fraction of sp³-hybridized carbons (Fsp3) is 0.403. The molecule has 3 atom stereocenters. The number of aromatic nitrogens is 6. The molecule has 0 aliphatic heterocycles. The van der Waals surface area contributed by atoms with Crippen molar-refractivity contribution in [3.05, 3.63) is 168 Å². The van der Waals surface area contributed by atoms with Gasteiger partial charge in [0.1, 0.15) is 22.1 Å². The number of aryl methyl sites for hydroxylation is 6. The predicted octanol–water partition coefficient (Wildman–Crippen LogP) is 9.76. The number of pyridine rings is 6. The van der Waals surface area contributed by atoms with E-state index in [9.17, 15) is 48.9 Å². The molecule has 0 amide bonds. The number of Topliss-reactive ketones (excluding diaryl/α,β-unsaturated/α-hetero) is 1. The van der Waals surface area contributed by atoms with Crippen LogP contribution in [-0.4, -0.2) is 203 Å². The number of esters is 5. The molecule has 6 aromatic rings. The molecule has 6 rings (SSSR count). The second-order valence-corrected chi connectivity index (χ2v) is 22.1. The summed E-state index contributed by atoms with van der Waals surface area (Å²) in [5, 5.41) is 38.7. The van der Waals surface area contributed by atoms with Gasteiger partial charge in [-0.2, -0.15) is 0 Å². The van der Waals surface area contributed by atoms with E-state index < -0.39 is 54.8 Å². The van der Waals surface area contributed by atoms with Crippen LogP contribution in [0.4, 0.5) is 0 Å². The first-order chi connectivity index (χ1) is 47.8. The summed E-state index contributed by atoms with van der Waals surface area (Å²) in [6.07, 6.45) is 2.28.